The molecule has 22 heteroatoms. The maximum Gasteiger partial charge on any atom is 0.297 e. The summed E-state index contributed by atoms with van der Waals surface area (Å²) in [7, 11) is -4.74. The summed E-state index contributed by atoms with van der Waals surface area (Å²) in [6, 6.07) is 23.6. The fraction of sp³-hybridized carbons (Fsp3) is 0.475. The average molecular weight is 1160 g/mol. The van der Waals surface area contributed by atoms with Gasteiger partial charge in [-0.2, -0.15) is 4.98 Å². The number of halogens is 2. The highest BCUT2D eigenvalue weighted by Gasteiger charge is 2.51. The number of H-pyrrole nitrogens is 1. The molecule has 438 valence electrons. The number of nitro groups is 1. The van der Waals surface area contributed by atoms with Crippen molar-refractivity contribution in [3.05, 3.63) is 130 Å². The summed E-state index contributed by atoms with van der Waals surface area (Å²) in [5, 5.41) is 16.7. The van der Waals surface area contributed by atoms with E-state index in [1.165, 1.54) is 18.2 Å². The Kier molecular flexibility index (Phi) is 14.7. The molecular formula is C61H69F2N9O10S. The Labute approximate surface area is 480 Å². The van der Waals surface area contributed by atoms with E-state index < -0.39 is 49.2 Å². The molecule has 3 N–H and O–H groups in total. The van der Waals surface area contributed by atoms with E-state index in [1.807, 2.05) is 50.2 Å². The van der Waals surface area contributed by atoms with E-state index in [-0.39, 0.29) is 71.8 Å². The van der Waals surface area contributed by atoms with Crippen molar-refractivity contribution in [1.29, 1.82) is 0 Å². The molecule has 2 aromatic heterocycles. The van der Waals surface area contributed by atoms with Gasteiger partial charge in [0.1, 0.15) is 29.8 Å². The Hall–Kier alpha value is -7.11. The number of aromatic amines is 1. The number of fused-ring (bicyclic) bond motifs is 4. The number of hydrogen-bond acceptors (Lipinski definition) is 16. The van der Waals surface area contributed by atoms with E-state index >= 15 is 0 Å². The van der Waals surface area contributed by atoms with Crippen LogP contribution in [0.2, 0.25) is 0 Å². The quantitative estimate of drug-likeness (QED) is 0.0727. The van der Waals surface area contributed by atoms with Crippen LogP contribution in [-0.2, 0) is 19.5 Å². The maximum absolute atomic E-state index is 14.9. The zero-order valence-corrected chi connectivity index (χ0v) is 47.5. The van der Waals surface area contributed by atoms with Gasteiger partial charge in [0.2, 0.25) is 5.88 Å². The molecule has 6 aliphatic heterocycles. The van der Waals surface area contributed by atoms with Crippen LogP contribution < -0.4 is 34.0 Å². The molecule has 5 atom stereocenters. The number of anilines is 4. The first-order valence-corrected chi connectivity index (χ1v) is 30.5. The van der Waals surface area contributed by atoms with Crippen molar-refractivity contribution in [2.75, 3.05) is 80.9 Å². The molecular weight excluding hydrogens is 1090 g/mol. The van der Waals surface area contributed by atoms with Crippen LogP contribution in [0.4, 0.5) is 37.2 Å². The van der Waals surface area contributed by atoms with E-state index in [0.29, 0.717) is 61.7 Å². The highest BCUT2D eigenvalue weighted by atomic mass is 32.2. The molecule has 0 radical (unpaired) electrons. The first-order valence-electron chi connectivity index (χ1n) is 29.1. The van der Waals surface area contributed by atoms with Gasteiger partial charge in [0.05, 0.1) is 51.9 Å². The number of hydrogen-bond donors (Lipinski definition) is 3. The second kappa shape index (κ2) is 22.1. The minimum absolute atomic E-state index is 0.000351. The molecule has 1 saturated carbocycles. The largest absolute Gasteiger partial charge is 0.491 e. The molecule has 7 aliphatic rings. The fourth-order valence-corrected chi connectivity index (χ4v) is 15.0. The molecule has 19 nitrogen and oxygen atoms in total. The van der Waals surface area contributed by atoms with Gasteiger partial charge in [-0.05, 0) is 131 Å². The maximum atomic E-state index is 14.9. The van der Waals surface area contributed by atoms with Crippen molar-refractivity contribution in [3.8, 4) is 17.4 Å². The number of pyridine rings is 1. The Morgan fingerprint density at radius 3 is 2.47 bits per heavy atom. The Balaban J connectivity index is 0.776. The number of amides is 1. The Morgan fingerprint density at radius 1 is 0.892 bits per heavy atom. The number of nitro benzene ring substituents is 1. The van der Waals surface area contributed by atoms with Gasteiger partial charge < -0.3 is 43.8 Å². The number of para-hydroxylation sites is 1. The number of benzene rings is 4. The number of ether oxygens (including phenoxy) is 5. The smallest absolute Gasteiger partial charge is 0.297 e. The Bertz CT molecular complexity index is 3570. The number of nitrogens with one attached hydrogen (secondary N) is 3. The lowest BCUT2D eigenvalue weighted by atomic mass is 9.59. The predicted molar refractivity (Wildman–Crippen MR) is 307 cm³/mol. The van der Waals surface area contributed by atoms with Gasteiger partial charge in [0.25, 0.3) is 21.6 Å². The van der Waals surface area contributed by atoms with E-state index in [2.05, 4.69) is 53.7 Å². The number of aromatic nitrogens is 2. The van der Waals surface area contributed by atoms with E-state index in [0.717, 1.165) is 98.7 Å². The van der Waals surface area contributed by atoms with Gasteiger partial charge in [0, 0.05) is 99.6 Å². The third kappa shape index (κ3) is 10.6. The molecule has 1 spiro atoms. The minimum Gasteiger partial charge on any atom is -0.491 e. The third-order valence-electron chi connectivity index (χ3n) is 18.5. The van der Waals surface area contributed by atoms with Crippen LogP contribution >= 0.6 is 0 Å². The molecule has 1 amide bonds. The first-order chi connectivity index (χ1) is 40.1. The molecule has 5 fully saturated rings. The summed E-state index contributed by atoms with van der Waals surface area (Å²) in [5.41, 5.74) is 4.17. The summed E-state index contributed by atoms with van der Waals surface area (Å²) in [5.74, 6) is -1.29. The lowest BCUT2D eigenvalue weighted by Crippen LogP contribution is -2.60. The number of nitrogens with zero attached hydrogens (tertiary/aromatic N) is 6. The predicted octanol–water partition coefficient (Wildman–Crippen LogP) is 9.81. The van der Waals surface area contributed by atoms with Crippen LogP contribution in [0.1, 0.15) is 99.3 Å². The molecule has 0 unspecified atom stereocenters. The third-order valence-corrected chi connectivity index (χ3v) is 19.8. The van der Waals surface area contributed by atoms with Crippen molar-refractivity contribution in [3.63, 3.8) is 0 Å². The molecule has 1 aliphatic carbocycles. The number of piperidine rings is 1. The highest BCUT2D eigenvalue weighted by Crippen LogP contribution is 2.54. The summed E-state index contributed by atoms with van der Waals surface area (Å²) < 4.78 is 90.3. The SMILES string of the molecule is CC(C)Oc1ccccc1[C@@H]1CN([C@@H](C)c2ccc(F)c(F)c2)CCN1C1CC2(CCN(c3ccc(C(=O)NS(=O)(=O)c4cc5c(c([N+](=O)[O-])c4)N[C@H](C4CCOCC4)CO5)c(N4c5cc6cc[nH]c6nc5O[C@H]5COCC[C@@H]54)c3)CC2)C1. The van der Waals surface area contributed by atoms with Gasteiger partial charge in [-0.25, -0.2) is 21.9 Å². The number of rotatable bonds is 13. The van der Waals surface area contributed by atoms with Crippen molar-refractivity contribution in [2.45, 2.75) is 113 Å². The van der Waals surface area contributed by atoms with Crippen LogP contribution in [0.5, 0.6) is 17.4 Å². The van der Waals surface area contributed by atoms with Crippen molar-refractivity contribution < 1.29 is 50.6 Å². The van der Waals surface area contributed by atoms with E-state index in [9.17, 15) is 32.1 Å². The monoisotopic (exact) mass is 1160 g/mol. The number of carbonyl (C=O) groups excluding carboxylic acids is 1. The van der Waals surface area contributed by atoms with Gasteiger partial charge >= 0.3 is 0 Å². The number of piperazine rings is 1. The highest BCUT2D eigenvalue weighted by molar-refractivity contribution is 7.90. The van der Waals surface area contributed by atoms with Gasteiger partial charge in [-0.1, -0.05) is 24.3 Å². The summed E-state index contributed by atoms with van der Waals surface area (Å²) in [4.78, 5) is 43.8. The molecule has 13 rings (SSSR count). The van der Waals surface area contributed by atoms with Crippen LogP contribution in [0.25, 0.3) is 11.0 Å². The zero-order valence-electron chi connectivity index (χ0n) is 46.7. The zero-order chi connectivity index (χ0) is 57.3. The summed E-state index contributed by atoms with van der Waals surface area (Å²) >= 11 is 0. The second-order valence-corrected chi connectivity index (χ2v) is 25.4. The molecule has 0 bridgehead atoms. The fourth-order valence-electron chi connectivity index (χ4n) is 14.0. The van der Waals surface area contributed by atoms with Crippen LogP contribution in [0.3, 0.4) is 0 Å². The van der Waals surface area contributed by atoms with E-state index in [1.54, 1.807) is 18.3 Å². The standard InChI is InChI=1S/C61H69F2N9O10S/c1-36(2)81-54-7-5-4-6-44(54)53-33-69(37(3)39-8-11-46(62)47(63)26-39)21-22-70(53)42-31-61(32-42)16-19-68(20-17-61)41-9-10-45(50(28-41)71-49-15-25-79-35-56(49)82-60-52(71)27-40-12-18-64-58(40)66-60)59(73)67-83(76,77)43-29-51(72(74)75)57-55(30-43)80-34-48(65-57)38-13-23-78-24-14-38/h4-12,18,26-30,36-38,42,48-49,53,56,65H,13-17,19-25,31-35H2,1-3H3,(H,64,66)(H,67,73)/t37-,48-,49-,53-,56-/m0/s1. The molecule has 4 saturated heterocycles. The van der Waals surface area contributed by atoms with Gasteiger partial charge in [-0.15, -0.1) is 0 Å². The first kappa shape index (κ1) is 55.1. The van der Waals surface area contributed by atoms with E-state index in [4.69, 9.17) is 28.7 Å². The molecule has 83 heavy (non-hydrogen) atoms. The van der Waals surface area contributed by atoms with Crippen molar-refractivity contribution >= 4 is 55.4 Å². The molecule has 6 aromatic rings. The number of carbonyl (C=O) groups is 1. The minimum atomic E-state index is -4.74. The van der Waals surface area contributed by atoms with Crippen LogP contribution in [0, 0.1) is 33.1 Å². The average Bonchev–Trinajstić information content (AvgIpc) is 4.09. The molecule has 4 aromatic carbocycles. The van der Waals surface area contributed by atoms with Gasteiger partial charge in [0.15, 0.2) is 23.1 Å². The lowest BCUT2D eigenvalue weighted by Gasteiger charge is -2.58. The summed E-state index contributed by atoms with van der Waals surface area (Å²) in [6.07, 6.45) is 7.25. The summed E-state index contributed by atoms with van der Waals surface area (Å²) in [6.45, 7) is 11.9. The lowest BCUT2D eigenvalue weighted by molar-refractivity contribution is -0.384. The topological polar surface area (TPSA) is 206 Å². The Morgan fingerprint density at radius 2 is 1.69 bits per heavy atom. The number of sulfonamides is 1. The normalized spacial score (nSPS) is 23.5. The van der Waals surface area contributed by atoms with Gasteiger partial charge in [-0.3, -0.25) is 24.7 Å². The van der Waals surface area contributed by atoms with Crippen LogP contribution in [-0.4, -0.2) is 135 Å². The molecule has 8 heterocycles. The van der Waals surface area contributed by atoms with Crippen molar-refractivity contribution in [1.82, 2.24) is 24.5 Å². The van der Waals surface area contributed by atoms with Crippen LogP contribution in [0.15, 0.2) is 96.0 Å². The van der Waals surface area contributed by atoms with Crippen molar-refractivity contribution in [2.24, 2.45) is 11.3 Å². The second-order valence-electron chi connectivity index (χ2n) is 23.8.